The topological polar surface area (TPSA) is 85.2 Å². The molecule has 1 heterocycles. The third kappa shape index (κ3) is 5.18. The monoisotopic (exact) mass is 304 g/mol. The maximum Gasteiger partial charge on any atom is 0.307 e. The lowest BCUT2D eigenvalue weighted by Crippen LogP contribution is -2.41. The van der Waals surface area contributed by atoms with Crippen LogP contribution < -0.4 is 10.6 Å². The summed E-state index contributed by atoms with van der Waals surface area (Å²) >= 11 is 0. The fourth-order valence-corrected chi connectivity index (χ4v) is 1.75. The zero-order chi connectivity index (χ0) is 14.4. The van der Waals surface area contributed by atoms with Gasteiger partial charge in [0.1, 0.15) is 6.04 Å². The first kappa shape index (κ1) is 18.4. The Balaban J connectivity index is 0.00000361. The predicted octanol–water partition coefficient (Wildman–Crippen LogP) is 0.170. The number of esters is 1. The Hall–Kier alpha value is -1.60. The van der Waals surface area contributed by atoms with Gasteiger partial charge in [-0.1, -0.05) is 0 Å². The third-order valence-corrected chi connectivity index (χ3v) is 2.70. The molecule has 0 saturated heterocycles. The summed E-state index contributed by atoms with van der Waals surface area (Å²) in [5, 5.41) is 9.72. The minimum Gasteiger partial charge on any atom is -0.469 e. The average molecular weight is 305 g/mol. The number of amides is 1. The van der Waals surface area contributed by atoms with E-state index in [1.807, 2.05) is 0 Å². The summed E-state index contributed by atoms with van der Waals surface area (Å²) < 4.78 is 6.19. The van der Waals surface area contributed by atoms with Crippen LogP contribution in [-0.2, 0) is 21.4 Å². The quantitative estimate of drug-likeness (QED) is 0.732. The van der Waals surface area contributed by atoms with E-state index >= 15 is 0 Å². The lowest BCUT2D eigenvalue weighted by molar-refractivity contribution is -0.141. The number of nitrogens with one attached hydrogen (secondary N) is 2. The molecular weight excluding hydrogens is 284 g/mol. The van der Waals surface area contributed by atoms with Crippen molar-refractivity contribution in [2.24, 2.45) is 7.05 Å². The van der Waals surface area contributed by atoms with E-state index in [1.54, 1.807) is 38.1 Å². The first-order valence-electron chi connectivity index (χ1n) is 6.01. The van der Waals surface area contributed by atoms with Crippen LogP contribution in [0.5, 0.6) is 0 Å². The largest absolute Gasteiger partial charge is 0.469 e. The molecule has 0 bridgehead atoms. The third-order valence-electron chi connectivity index (χ3n) is 2.70. The summed E-state index contributed by atoms with van der Waals surface area (Å²) in [6.07, 6.45) is 3.54. The highest BCUT2D eigenvalue weighted by molar-refractivity contribution is 5.85. The van der Waals surface area contributed by atoms with E-state index in [4.69, 9.17) is 0 Å². The zero-order valence-electron chi connectivity index (χ0n) is 12.0. The van der Waals surface area contributed by atoms with Crippen LogP contribution in [0.25, 0.3) is 0 Å². The van der Waals surface area contributed by atoms with E-state index in [2.05, 4.69) is 20.5 Å². The number of likely N-dealkylation sites (N-methyl/N-ethyl adjacent to an activating group) is 1. The van der Waals surface area contributed by atoms with Gasteiger partial charge in [0.25, 0.3) is 0 Å². The smallest absolute Gasteiger partial charge is 0.307 e. The number of aromatic nitrogens is 2. The van der Waals surface area contributed by atoms with Crippen LogP contribution in [0.2, 0.25) is 0 Å². The van der Waals surface area contributed by atoms with Crippen LogP contribution in [0.1, 0.15) is 24.9 Å². The molecule has 1 amide bonds. The highest BCUT2D eigenvalue weighted by Crippen LogP contribution is 2.11. The lowest BCUT2D eigenvalue weighted by atomic mass is 10.1. The summed E-state index contributed by atoms with van der Waals surface area (Å²) in [6.45, 7) is 1.75. The van der Waals surface area contributed by atoms with Crippen LogP contribution in [0.4, 0.5) is 0 Å². The van der Waals surface area contributed by atoms with Crippen molar-refractivity contribution in [2.75, 3.05) is 14.2 Å². The van der Waals surface area contributed by atoms with Crippen LogP contribution in [0.15, 0.2) is 12.4 Å². The molecule has 0 spiro atoms. The van der Waals surface area contributed by atoms with E-state index in [0.717, 1.165) is 5.56 Å². The molecule has 2 atom stereocenters. The summed E-state index contributed by atoms with van der Waals surface area (Å²) in [5.41, 5.74) is 0.771. The number of rotatable bonds is 6. The van der Waals surface area contributed by atoms with E-state index in [1.165, 1.54) is 7.11 Å². The first-order chi connectivity index (χ1) is 8.97. The van der Waals surface area contributed by atoms with Gasteiger partial charge >= 0.3 is 5.97 Å². The van der Waals surface area contributed by atoms with E-state index in [0.29, 0.717) is 0 Å². The minimum atomic E-state index is -0.492. The Morgan fingerprint density at radius 1 is 1.50 bits per heavy atom. The van der Waals surface area contributed by atoms with Crippen LogP contribution >= 0.6 is 12.4 Å². The van der Waals surface area contributed by atoms with Gasteiger partial charge in [-0.2, -0.15) is 5.10 Å². The molecule has 2 unspecified atom stereocenters. The van der Waals surface area contributed by atoms with E-state index < -0.39 is 6.04 Å². The predicted molar refractivity (Wildman–Crippen MR) is 76.5 cm³/mol. The van der Waals surface area contributed by atoms with Gasteiger partial charge in [-0.3, -0.25) is 14.3 Å². The molecule has 1 aromatic heterocycles. The van der Waals surface area contributed by atoms with Gasteiger partial charge in [0.15, 0.2) is 0 Å². The second kappa shape index (κ2) is 8.55. The van der Waals surface area contributed by atoms with Crippen molar-refractivity contribution in [2.45, 2.75) is 25.4 Å². The first-order valence-corrected chi connectivity index (χ1v) is 6.01. The molecule has 0 aliphatic rings. The lowest BCUT2D eigenvalue weighted by Gasteiger charge is -2.18. The van der Waals surface area contributed by atoms with Crippen molar-refractivity contribution < 1.29 is 14.3 Å². The number of aryl methyl sites for hydroxylation is 1. The van der Waals surface area contributed by atoms with Crippen molar-refractivity contribution in [1.82, 2.24) is 20.4 Å². The number of ether oxygens (including phenoxy) is 1. The second-order valence-electron chi connectivity index (χ2n) is 4.36. The van der Waals surface area contributed by atoms with Crippen molar-refractivity contribution in [3.8, 4) is 0 Å². The van der Waals surface area contributed by atoms with Crippen LogP contribution in [-0.4, -0.2) is 41.9 Å². The van der Waals surface area contributed by atoms with Crippen LogP contribution in [0, 0.1) is 0 Å². The fraction of sp³-hybridized carbons (Fsp3) is 0.583. The Bertz CT molecular complexity index is 450. The normalized spacial score (nSPS) is 13.0. The minimum absolute atomic E-state index is 0. The molecule has 0 aliphatic heterocycles. The molecule has 7 nitrogen and oxygen atoms in total. The van der Waals surface area contributed by atoms with Crippen LogP contribution in [0.3, 0.4) is 0 Å². The molecule has 1 aromatic rings. The Kier molecular flexibility index (Phi) is 7.86. The second-order valence-corrected chi connectivity index (χ2v) is 4.36. The Morgan fingerprint density at radius 2 is 2.15 bits per heavy atom. The number of halogens is 1. The SMILES string of the molecule is CNC(C(=O)NC(C)CC(=O)OC)c1cnn(C)c1.Cl. The molecule has 0 radical (unpaired) electrons. The number of nitrogens with zero attached hydrogens (tertiary/aromatic N) is 2. The van der Waals surface area contributed by atoms with Gasteiger partial charge in [0.05, 0.1) is 19.7 Å². The fourth-order valence-electron chi connectivity index (χ4n) is 1.75. The van der Waals surface area contributed by atoms with Crippen molar-refractivity contribution in [3.63, 3.8) is 0 Å². The van der Waals surface area contributed by atoms with Gasteiger partial charge < -0.3 is 15.4 Å². The number of methoxy groups -OCH3 is 1. The maximum absolute atomic E-state index is 12.1. The van der Waals surface area contributed by atoms with Gasteiger partial charge in [-0.05, 0) is 14.0 Å². The van der Waals surface area contributed by atoms with Gasteiger partial charge in [0, 0.05) is 24.8 Å². The molecule has 8 heteroatoms. The van der Waals surface area contributed by atoms with E-state index in [9.17, 15) is 9.59 Å². The number of carbonyl (C=O) groups excluding carboxylic acids is 2. The van der Waals surface area contributed by atoms with Gasteiger partial charge in [-0.15, -0.1) is 12.4 Å². The van der Waals surface area contributed by atoms with Crippen molar-refractivity contribution in [1.29, 1.82) is 0 Å². The summed E-state index contributed by atoms with van der Waals surface area (Å²) in [6, 6.07) is -0.777. The van der Waals surface area contributed by atoms with Crippen molar-refractivity contribution >= 4 is 24.3 Å². The molecular formula is C12H21ClN4O3. The molecule has 114 valence electrons. The molecule has 1 rings (SSSR count). The Labute approximate surface area is 124 Å². The van der Waals surface area contributed by atoms with Gasteiger partial charge in [0.2, 0.25) is 5.91 Å². The van der Waals surface area contributed by atoms with E-state index in [-0.39, 0.29) is 36.7 Å². The summed E-state index contributed by atoms with van der Waals surface area (Å²) in [4.78, 5) is 23.2. The molecule has 2 N–H and O–H groups in total. The molecule has 20 heavy (non-hydrogen) atoms. The summed E-state index contributed by atoms with van der Waals surface area (Å²) in [7, 11) is 4.80. The number of hydrogen-bond acceptors (Lipinski definition) is 5. The van der Waals surface area contributed by atoms with Crippen molar-refractivity contribution in [3.05, 3.63) is 18.0 Å². The average Bonchev–Trinajstić information content (AvgIpc) is 2.76. The molecule has 0 aliphatic carbocycles. The highest BCUT2D eigenvalue weighted by atomic mass is 35.5. The maximum atomic E-state index is 12.1. The summed E-state index contributed by atoms with van der Waals surface area (Å²) in [5.74, 6) is -0.554. The number of carbonyl (C=O) groups is 2. The molecule has 0 saturated carbocycles. The Morgan fingerprint density at radius 3 is 2.60 bits per heavy atom. The highest BCUT2D eigenvalue weighted by Gasteiger charge is 2.22. The molecule has 0 aromatic carbocycles. The zero-order valence-corrected chi connectivity index (χ0v) is 12.9. The number of hydrogen-bond donors (Lipinski definition) is 2. The molecule has 0 fully saturated rings. The van der Waals surface area contributed by atoms with Gasteiger partial charge in [-0.25, -0.2) is 0 Å². The standard InChI is InChI=1S/C12H20N4O3.ClH/c1-8(5-10(17)19-4)15-12(18)11(13-2)9-6-14-16(3)7-9;/h6-8,11,13H,5H2,1-4H3,(H,15,18);1H.